The fraction of sp³-hybridized carbons (Fsp3) is 0.523. The maximum absolute atomic E-state index is 15.1. The lowest BCUT2D eigenvalue weighted by molar-refractivity contribution is -0.155. The molecule has 2 unspecified atom stereocenters. The van der Waals surface area contributed by atoms with Gasteiger partial charge in [-0.1, -0.05) is 43.7 Å². The normalized spacial score (nSPS) is 27.5. The van der Waals surface area contributed by atoms with Gasteiger partial charge >= 0.3 is 12.1 Å². The van der Waals surface area contributed by atoms with Gasteiger partial charge in [0.2, 0.25) is 17.7 Å². The van der Waals surface area contributed by atoms with Crippen molar-refractivity contribution in [1.29, 1.82) is 0 Å². The zero-order valence-corrected chi connectivity index (χ0v) is 36.5. The smallest absolute Gasteiger partial charge is 0.414 e. The summed E-state index contributed by atoms with van der Waals surface area (Å²) in [6.45, 7) is 8.09. The molecule has 6 rings (SSSR count). The van der Waals surface area contributed by atoms with Crippen LogP contribution in [-0.4, -0.2) is 138 Å². The molecule has 340 valence electrons. The first-order valence-electron chi connectivity index (χ1n) is 21.2. The highest BCUT2D eigenvalue weighted by molar-refractivity contribution is 8.00. The Bertz CT molecular complexity index is 2090. The van der Waals surface area contributed by atoms with Gasteiger partial charge in [-0.3, -0.25) is 24.1 Å². The van der Waals surface area contributed by atoms with E-state index in [-0.39, 0.29) is 86.3 Å². The van der Waals surface area contributed by atoms with Gasteiger partial charge in [-0.25, -0.2) is 19.0 Å². The van der Waals surface area contributed by atoms with Crippen molar-refractivity contribution in [2.24, 2.45) is 5.92 Å². The SMILES string of the molecule is CC[C@H]1OC(=O)C2C(SCCC(=O)NC[C@H]3CN(c4ccc(N5CCOCC5)c(F)c4)C(=O)O3)CCN2C(=O)c2coc(n2)CC(=O)C[C@H](O)/C=C(C)/C=C/CNC(=O)/C=C/[C@H]1C. The van der Waals surface area contributed by atoms with E-state index in [0.717, 1.165) is 6.26 Å². The molecule has 17 nitrogen and oxygen atoms in total. The third-order valence-corrected chi connectivity index (χ3v) is 12.5. The van der Waals surface area contributed by atoms with Gasteiger partial charge in [-0.2, -0.15) is 11.8 Å². The zero-order valence-electron chi connectivity index (χ0n) is 35.7. The third-order valence-electron chi connectivity index (χ3n) is 11.1. The summed E-state index contributed by atoms with van der Waals surface area (Å²) in [5.74, 6) is -2.85. The predicted octanol–water partition coefficient (Wildman–Crippen LogP) is 3.51. The number of aliphatic hydroxyl groups excluding tert-OH is 1. The van der Waals surface area contributed by atoms with E-state index in [0.29, 0.717) is 56.1 Å². The number of benzene rings is 1. The predicted molar refractivity (Wildman–Crippen MR) is 231 cm³/mol. The van der Waals surface area contributed by atoms with Crippen molar-refractivity contribution in [2.75, 3.05) is 68.0 Å². The van der Waals surface area contributed by atoms with Crippen LogP contribution in [0.15, 0.2) is 64.8 Å². The molecular formula is C44H55FN6O11S. The molecule has 3 N–H and O–H groups in total. The molecule has 19 heteroatoms. The van der Waals surface area contributed by atoms with Gasteiger partial charge in [0.15, 0.2) is 5.69 Å². The van der Waals surface area contributed by atoms with E-state index in [1.807, 2.05) is 18.7 Å². The number of rotatable bonds is 9. The van der Waals surface area contributed by atoms with Gasteiger partial charge in [-0.05, 0) is 44.0 Å². The van der Waals surface area contributed by atoms with Crippen molar-refractivity contribution in [3.05, 3.63) is 77.8 Å². The number of hydrogen-bond donors (Lipinski definition) is 3. The minimum absolute atomic E-state index is 0.0145. The molecule has 4 aliphatic rings. The van der Waals surface area contributed by atoms with Crippen LogP contribution in [0.1, 0.15) is 62.8 Å². The minimum atomic E-state index is -1.08. The molecule has 0 saturated carbocycles. The number of fused-ring (bicyclic) bond motifs is 3. The maximum Gasteiger partial charge on any atom is 0.414 e. The molecule has 1 aromatic carbocycles. The van der Waals surface area contributed by atoms with Crippen LogP contribution in [0.2, 0.25) is 0 Å². The topological polar surface area (TPSA) is 210 Å². The number of esters is 1. The first-order chi connectivity index (χ1) is 30.3. The Morgan fingerprint density at radius 2 is 1.89 bits per heavy atom. The molecule has 0 aliphatic carbocycles. The molecule has 6 atom stereocenters. The fourth-order valence-corrected chi connectivity index (χ4v) is 9.08. The number of hydrogen-bond acceptors (Lipinski definition) is 14. The van der Waals surface area contributed by atoms with E-state index >= 15 is 4.39 Å². The van der Waals surface area contributed by atoms with Crippen molar-refractivity contribution in [3.8, 4) is 0 Å². The van der Waals surface area contributed by atoms with E-state index in [1.165, 1.54) is 39.8 Å². The number of halogens is 1. The molecule has 2 aromatic rings. The summed E-state index contributed by atoms with van der Waals surface area (Å²) >= 11 is 1.34. The number of nitrogens with zero attached hydrogens (tertiary/aromatic N) is 4. The molecule has 3 fully saturated rings. The number of thioether (sulfide) groups is 1. The Morgan fingerprint density at radius 1 is 1.10 bits per heavy atom. The number of Topliss-reactive ketones (excluding diaryl/α,β-unsaturated/α-hetero) is 1. The van der Waals surface area contributed by atoms with Crippen LogP contribution in [0.5, 0.6) is 0 Å². The van der Waals surface area contributed by atoms with E-state index in [4.69, 9.17) is 18.6 Å². The number of nitrogens with one attached hydrogen (secondary N) is 2. The second-order valence-electron chi connectivity index (χ2n) is 15.8. The summed E-state index contributed by atoms with van der Waals surface area (Å²) < 4.78 is 37.4. The van der Waals surface area contributed by atoms with Crippen LogP contribution in [0.3, 0.4) is 0 Å². The van der Waals surface area contributed by atoms with E-state index in [1.54, 1.807) is 37.3 Å². The summed E-state index contributed by atoms with van der Waals surface area (Å²) in [4.78, 5) is 87.9. The summed E-state index contributed by atoms with van der Waals surface area (Å²) in [7, 11) is 0. The van der Waals surface area contributed by atoms with Crippen LogP contribution in [0, 0.1) is 11.7 Å². The highest BCUT2D eigenvalue weighted by atomic mass is 32.2. The lowest BCUT2D eigenvalue weighted by atomic mass is 10.0. The van der Waals surface area contributed by atoms with Crippen molar-refractivity contribution >= 4 is 58.7 Å². The van der Waals surface area contributed by atoms with Crippen LogP contribution < -0.4 is 20.4 Å². The first-order valence-corrected chi connectivity index (χ1v) is 22.3. The average Bonchev–Trinajstić information content (AvgIpc) is 4.01. The van der Waals surface area contributed by atoms with Crippen LogP contribution in [0.25, 0.3) is 0 Å². The summed E-state index contributed by atoms with van der Waals surface area (Å²) in [5.41, 5.74) is 1.36. The van der Waals surface area contributed by atoms with Gasteiger partial charge in [0, 0.05) is 55.9 Å². The molecule has 4 aliphatic heterocycles. The highest BCUT2D eigenvalue weighted by Crippen LogP contribution is 2.33. The molecule has 1 aromatic heterocycles. The van der Waals surface area contributed by atoms with E-state index in [2.05, 4.69) is 15.6 Å². The van der Waals surface area contributed by atoms with Gasteiger partial charge in [0.25, 0.3) is 5.91 Å². The van der Waals surface area contributed by atoms with Crippen LogP contribution >= 0.6 is 11.8 Å². The monoisotopic (exact) mass is 894 g/mol. The van der Waals surface area contributed by atoms with E-state index in [9.17, 15) is 33.9 Å². The Balaban J connectivity index is 1.07. The number of ether oxygens (including phenoxy) is 3. The number of cyclic esters (lactones) is 2. The lowest BCUT2D eigenvalue weighted by Crippen LogP contribution is -2.47. The van der Waals surface area contributed by atoms with Gasteiger partial charge in [-0.15, -0.1) is 0 Å². The first kappa shape index (κ1) is 47.0. The number of aliphatic hydroxyl groups is 1. The Kier molecular flexibility index (Phi) is 16.5. The Labute approximate surface area is 369 Å². The summed E-state index contributed by atoms with van der Waals surface area (Å²) in [6.07, 6.45) is 6.47. The average molecular weight is 895 g/mol. The minimum Gasteiger partial charge on any atom is -0.460 e. The molecule has 3 saturated heterocycles. The molecular weight excluding hydrogens is 840 g/mol. The van der Waals surface area contributed by atoms with Crippen LogP contribution in [-0.2, 0) is 39.8 Å². The number of ketones is 1. The summed E-state index contributed by atoms with van der Waals surface area (Å²) in [6, 6.07) is 3.53. The number of amides is 4. The van der Waals surface area contributed by atoms with Crippen LogP contribution in [0.4, 0.5) is 20.6 Å². The molecule has 4 amide bonds. The largest absolute Gasteiger partial charge is 0.460 e. The molecule has 0 spiro atoms. The van der Waals surface area contributed by atoms with Gasteiger partial charge in [0.05, 0.1) is 50.2 Å². The second kappa shape index (κ2) is 22.2. The Morgan fingerprint density at radius 3 is 2.65 bits per heavy atom. The number of carbonyl (C=O) groups is 6. The van der Waals surface area contributed by atoms with Gasteiger partial charge < -0.3 is 44.2 Å². The number of anilines is 2. The molecule has 63 heavy (non-hydrogen) atoms. The fourth-order valence-electron chi connectivity index (χ4n) is 7.76. The standard InChI is InChI=1S/C44H55FN6O11S/c1-4-36-28(3)7-10-38(54)46-13-5-6-27(2)20-30(52)22-31(53)23-40-48-34(26-60-40)42(56)50-14-11-37(41(50)43(57)62-36)63-19-12-39(55)47-24-32-25-51(44(58)61-32)29-8-9-35(33(45)21-29)49-15-17-59-18-16-49/h5-10,20-21,26,28,30,32,36-37,41,52H,4,11-19,22-25H2,1-3H3,(H,46,54)(H,47,55)/b6-5+,10-7+,27-20+/t28-,30-,32+,36-,37?,41?/m1/s1. The number of morpholine rings is 1. The van der Waals surface area contributed by atoms with Crippen molar-refractivity contribution in [2.45, 2.75) is 82.5 Å². The van der Waals surface area contributed by atoms with E-state index < -0.39 is 53.4 Å². The quantitative estimate of drug-likeness (QED) is 0.308. The summed E-state index contributed by atoms with van der Waals surface area (Å²) in [5, 5.41) is 15.5. The molecule has 2 bridgehead atoms. The second-order valence-corrected chi connectivity index (χ2v) is 17.2. The molecule has 0 radical (unpaired) electrons. The highest BCUT2D eigenvalue weighted by Gasteiger charge is 2.45. The number of oxazole rings is 1. The molecule has 5 heterocycles. The number of carbonyl (C=O) groups excluding carboxylic acids is 6. The maximum atomic E-state index is 15.1. The van der Waals surface area contributed by atoms with Crippen molar-refractivity contribution in [1.82, 2.24) is 20.5 Å². The van der Waals surface area contributed by atoms with Gasteiger partial charge in [0.1, 0.15) is 36.1 Å². The zero-order chi connectivity index (χ0) is 45.0. The Hall–Kier alpha value is -5.53. The number of allylic oxidation sites excluding steroid dienone is 2. The number of aromatic nitrogens is 1. The third kappa shape index (κ3) is 12.8. The van der Waals surface area contributed by atoms with Crippen molar-refractivity contribution in [3.63, 3.8) is 0 Å². The van der Waals surface area contributed by atoms with Crippen molar-refractivity contribution < 1.29 is 56.9 Å². The lowest BCUT2D eigenvalue weighted by Gasteiger charge is -2.29.